The zero-order valence-electron chi connectivity index (χ0n) is 11.7. The second kappa shape index (κ2) is 10.1. The quantitative estimate of drug-likeness (QED) is 0.596. The lowest BCUT2D eigenvalue weighted by molar-refractivity contribution is -0.151. The van der Waals surface area contributed by atoms with Crippen LogP contribution in [-0.4, -0.2) is 22.6 Å². The molecule has 0 atom stereocenters. The maximum atomic E-state index is 10.2. The number of carbonyl (C=O) groups excluding carboxylic acids is 1. The molecule has 0 aliphatic rings. The van der Waals surface area contributed by atoms with Crippen molar-refractivity contribution in [3.05, 3.63) is 0 Å². The Labute approximate surface area is 104 Å². The number of hydrogen-bond acceptors (Lipinski definition) is 3. The summed E-state index contributed by atoms with van der Waals surface area (Å²) in [7, 11) is 0. The summed E-state index contributed by atoms with van der Waals surface area (Å²) in [5.41, 5.74) is -0.328. The van der Waals surface area contributed by atoms with Gasteiger partial charge >= 0.3 is 11.9 Å². The van der Waals surface area contributed by atoms with E-state index in [1.165, 1.54) is 13.3 Å². The first-order valence-corrected chi connectivity index (χ1v) is 6.10. The van der Waals surface area contributed by atoms with Crippen LogP contribution in [0.25, 0.3) is 0 Å². The summed E-state index contributed by atoms with van der Waals surface area (Å²) in [6, 6.07) is 0. The predicted molar refractivity (Wildman–Crippen MR) is 67.9 cm³/mol. The molecule has 4 nitrogen and oxygen atoms in total. The molecule has 0 aromatic carbocycles. The highest BCUT2D eigenvalue weighted by molar-refractivity contribution is 5.66. The lowest BCUT2D eigenvalue weighted by atomic mass is 10.2. The SMILES string of the molecule is CC(=O)OC(C)(C)C.CCCCCCC(=O)O. The summed E-state index contributed by atoms with van der Waals surface area (Å²) in [6.45, 7) is 9.04. The molecule has 0 aromatic rings. The maximum Gasteiger partial charge on any atom is 0.303 e. The molecule has 0 spiro atoms. The number of carboxylic acids is 1. The van der Waals surface area contributed by atoms with Gasteiger partial charge in [-0.2, -0.15) is 0 Å². The van der Waals surface area contributed by atoms with Crippen molar-refractivity contribution in [3.8, 4) is 0 Å². The number of hydrogen-bond donors (Lipinski definition) is 1. The van der Waals surface area contributed by atoms with E-state index in [0.717, 1.165) is 19.3 Å². The van der Waals surface area contributed by atoms with E-state index in [1.54, 1.807) is 0 Å². The lowest BCUT2D eigenvalue weighted by Gasteiger charge is -2.17. The number of carboxylic acid groups (broad SMARTS) is 1. The third-order valence-electron chi connectivity index (χ3n) is 1.69. The summed E-state index contributed by atoms with van der Waals surface area (Å²) >= 11 is 0. The largest absolute Gasteiger partial charge is 0.481 e. The molecule has 0 aliphatic carbocycles. The monoisotopic (exact) mass is 246 g/mol. The van der Waals surface area contributed by atoms with Gasteiger partial charge < -0.3 is 9.84 Å². The Morgan fingerprint density at radius 3 is 1.88 bits per heavy atom. The van der Waals surface area contributed by atoms with Crippen molar-refractivity contribution in [2.75, 3.05) is 0 Å². The molecule has 0 fully saturated rings. The molecule has 0 bridgehead atoms. The van der Waals surface area contributed by atoms with E-state index >= 15 is 0 Å². The van der Waals surface area contributed by atoms with Crippen molar-refractivity contribution >= 4 is 11.9 Å². The summed E-state index contributed by atoms with van der Waals surface area (Å²) < 4.78 is 4.80. The first-order valence-electron chi connectivity index (χ1n) is 6.10. The van der Waals surface area contributed by atoms with Gasteiger partial charge in [-0.15, -0.1) is 0 Å². The van der Waals surface area contributed by atoms with Gasteiger partial charge in [0.05, 0.1) is 0 Å². The number of rotatable bonds is 5. The molecule has 102 valence electrons. The highest BCUT2D eigenvalue weighted by Gasteiger charge is 2.11. The van der Waals surface area contributed by atoms with Crippen LogP contribution in [0.4, 0.5) is 0 Å². The predicted octanol–water partition coefficient (Wildman–Crippen LogP) is 3.39. The van der Waals surface area contributed by atoms with Crippen LogP contribution in [0.5, 0.6) is 0 Å². The number of esters is 1. The third kappa shape index (κ3) is 25.3. The average Bonchev–Trinajstić information content (AvgIpc) is 2.09. The molecule has 0 heterocycles. The fraction of sp³-hybridized carbons (Fsp3) is 0.846. The fourth-order valence-corrected chi connectivity index (χ4v) is 1.13. The van der Waals surface area contributed by atoms with E-state index in [-0.39, 0.29) is 11.6 Å². The molecule has 0 saturated heterocycles. The Hall–Kier alpha value is -1.06. The van der Waals surface area contributed by atoms with Crippen molar-refractivity contribution in [1.82, 2.24) is 0 Å². The van der Waals surface area contributed by atoms with E-state index in [0.29, 0.717) is 6.42 Å². The van der Waals surface area contributed by atoms with Crippen molar-refractivity contribution < 1.29 is 19.4 Å². The Morgan fingerprint density at radius 2 is 1.65 bits per heavy atom. The molecule has 0 amide bonds. The van der Waals surface area contributed by atoms with E-state index in [1.807, 2.05) is 20.8 Å². The minimum atomic E-state index is -0.675. The van der Waals surface area contributed by atoms with Gasteiger partial charge in [0.1, 0.15) is 5.60 Å². The Balaban J connectivity index is 0. The van der Waals surface area contributed by atoms with E-state index in [9.17, 15) is 9.59 Å². The van der Waals surface area contributed by atoms with Crippen molar-refractivity contribution in [2.45, 2.75) is 72.3 Å². The smallest absolute Gasteiger partial charge is 0.303 e. The van der Waals surface area contributed by atoms with Crippen LogP contribution in [0.1, 0.15) is 66.7 Å². The van der Waals surface area contributed by atoms with Crippen LogP contribution in [-0.2, 0) is 14.3 Å². The minimum absolute atomic E-state index is 0.225. The summed E-state index contributed by atoms with van der Waals surface area (Å²) in [5, 5.41) is 8.21. The molecule has 0 radical (unpaired) electrons. The Bertz CT molecular complexity index is 216. The maximum absolute atomic E-state index is 10.2. The molecule has 0 rings (SSSR count). The highest BCUT2D eigenvalue weighted by atomic mass is 16.6. The van der Waals surface area contributed by atoms with Crippen LogP contribution in [0, 0.1) is 0 Å². The second-order valence-electron chi connectivity index (χ2n) is 4.91. The number of unbranched alkanes of at least 4 members (excludes halogenated alkanes) is 3. The molecular formula is C13H26O4. The molecule has 17 heavy (non-hydrogen) atoms. The van der Waals surface area contributed by atoms with Gasteiger partial charge in [-0.05, 0) is 27.2 Å². The third-order valence-corrected chi connectivity index (χ3v) is 1.69. The van der Waals surface area contributed by atoms with Crippen LogP contribution in [0.3, 0.4) is 0 Å². The van der Waals surface area contributed by atoms with Crippen LogP contribution in [0.15, 0.2) is 0 Å². The molecule has 0 aromatic heterocycles. The van der Waals surface area contributed by atoms with Gasteiger partial charge in [0.15, 0.2) is 0 Å². The van der Waals surface area contributed by atoms with Gasteiger partial charge in [-0.25, -0.2) is 0 Å². The standard InChI is InChI=1S/C7H14O2.C6H12O2/c1-2-3-4-5-6-7(8)9;1-5(7)8-6(2,3)4/h2-6H2,1H3,(H,8,9);1-4H3. The molecule has 0 unspecified atom stereocenters. The highest BCUT2D eigenvalue weighted by Crippen LogP contribution is 2.05. The molecule has 0 aliphatic heterocycles. The van der Waals surface area contributed by atoms with Crippen molar-refractivity contribution in [3.63, 3.8) is 0 Å². The minimum Gasteiger partial charge on any atom is -0.481 e. The van der Waals surface area contributed by atoms with Gasteiger partial charge in [0.2, 0.25) is 0 Å². The number of aliphatic carboxylic acids is 1. The molecular weight excluding hydrogens is 220 g/mol. The Kier molecular flexibility index (Phi) is 10.9. The van der Waals surface area contributed by atoms with E-state index in [2.05, 4.69) is 6.92 Å². The fourth-order valence-electron chi connectivity index (χ4n) is 1.13. The van der Waals surface area contributed by atoms with Gasteiger partial charge in [0, 0.05) is 13.3 Å². The number of ether oxygens (including phenoxy) is 1. The topological polar surface area (TPSA) is 63.6 Å². The van der Waals surface area contributed by atoms with Crippen LogP contribution >= 0.6 is 0 Å². The van der Waals surface area contributed by atoms with Gasteiger partial charge in [-0.1, -0.05) is 26.2 Å². The normalized spacial score (nSPS) is 10.2. The summed E-state index contributed by atoms with van der Waals surface area (Å²) in [6.07, 6.45) is 4.55. The van der Waals surface area contributed by atoms with Gasteiger partial charge in [0.25, 0.3) is 0 Å². The summed E-state index contributed by atoms with van der Waals surface area (Å²) in [5.74, 6) is -0.899. The number of carbonyl (C=O) groups is 2. The van der Waals surface area contributed by atoms with E-state index in [4.69, 9.17) is 9.84 Å². The molecule has 0 saturated carbocycles. The Morgan fingerprint density at radius 1 is 1.12 bits per heavy atom. The molecule has 4 heteroatoms. The first-order chi connectivity index (χ1) is 7.69. The van der Waals surface area contributed by atoms with Crippen molar-refractivity contribution in [1.29, 1.82) is 0 Å². The molecule has 1 N–H and O–H groups in total. The van der Waals surface area contributed by atoms with E-state index < -0.39 is 5.97 Å². The lowest BCUT2D eigenvalue weighted by Crippen LogP contribution is -2.21. The van der Waals surface area contributed by atoms with Gasteiger partial charge in [-0.3, -0.25) is 9.59 Å². The summed E-state index contributed by atoms with van der Waals surface area (Å²) in [4.78, 5) is 20.2. The van der Waals surface area contributed by atoms with Crippen LogP contribution in [0.2, 0.25) is 0 Å². The van der Waals surface area contributed by atoms with Crippen LogP contribution < -0.4 is 0 Å². The average molecular weight is 246 g/mol. The second-order valence-corrected chi connectivity index (χ2v) is 4.91. The zero-order valence-corrected chi connectivity index (χ0v) is 11.7. The van der Waals surface area contributed by atoms with Crippen molar-refractivity contribution in [2.24, 2.45) is 0 Å². The first kappa shape index (κ1) is 18.3. The zero-order chi connectivity index (χ0) is 13.9.